The third-order valence-corrected chi connectivity index (χ3v) is 3.45. The van der Waals surface area contributed by atoms with Gasteiger partial charge in [-0.3, -0.25) is 0 Å². The summed E-state index contributed by atoms with van der Waals surface area (Å²) in [7, 11) is 1.98. The van der Waals surface area contributed by atoms with Gasteiger partial charge in [0, 0.05) is 18.0 Å². The van der Waals surface area contributed by atoms with Crippen molar-refractivity contribution < 1.29 is 0 Å². The second-order valence-corrected chi connectivity index (χ2v) is 5.12. The number of rotatable bonds is 4. The maximum absolute atomic E-state index is 4.80. The van der Waals surface area contributed by atoms with Gasteiger partial charge in [0.15, 0.2) is 0 Å². The monoisotopic (exact) mass is 241 g/mol. The Bertz CT molecular complexity index is 535. The van der Waals surface area contributed by atoms with Crippen LogP contribution in [0.15, 0.2) is 24.3 Å². The molecule has 1 aliphatic rings. The molecular weight excluding hydrogens is 222 g/mol. The average molecular weight is 241 g/mol. The Morgan fingerprint density at radius 1 is 1.28 bits per heavy atom. The van der Waals surface area contributed by atoms with E-state index in [0.717, 1.165) is 12.4 Å². The second-order valence-electron chi connectivity index (χ2n) is 5.12. The van der Waals surface area contributed by atoms with Crippen molar-refractivity contribution in [1.82, 2.24) is 15.3 Å². The summed E-state index contributed by atoms with van der Waals surface area (Å²) >= 11 is 0. The molecule has 0 spiro atoms. The molecular formula is C15H19N3. The third kappa shape index (κ3) is 2.18. The van der Waals surface area contributed by atoms with E-state index in [4.69, 9.17) is 4.98 Å². The van der Waals surface area contributed by atoms with Gasteiger partial charge in [0.25, 0.3) is 0 Å². The van der Waals surface area contributed by atoms with Crippen LogP contribution in [-0.2, 0) is 6.54 Å². The third-order valence-electron chi connectivity index (χ3n) is 3.45. The molecule has 3 nitrogen and oxygen atoms in total. The Hall–Kier alpha value is -1.61. The molecule has 3 heteroatoms. The molecule has 1 aromatic heterocycles. The normalized spacial score (nSPS) is 15.0. The summed E-state index contributed by atoms with van der Waals surface area (Å²) in [5, 5.41) is 3.21. The van der Waals surface area contributed by atoms with Crippen LogP contribution in [0.5, 0.6) is 0 Å². The Morgan fingerprint density at radius 2 is 2.00 bits per heavy atom. The number of nitrogens with zero attached hydrogens (tertiary/aromatic N) is 1. The highest BCUT2D eigenvalue weighted by molar-refractivity contribution is 5.56. The van der Waals surface area contributed by atoms with Crippen LogP contribution in [0.4, 0.5) is 0 Å². The Balaban J connectivity index is 1.96. The lowest BCUT2D eigenvalue weighted by atomic mass is 10.1. The standard InChI is InChI=1S/C15H19N3/c1-10-3-5-12(6-4-10)15-17-13(9-16-2)14(18-15)11-7-8-11/h3-6,11,16H,7-9H2,1-2H3,(H,17,18). The minimum Gasteiger partial charge on any atom is -0.341 e. The van der Waals surface area contributed by atoms with Crippen molar-refractivity contribution in [1.29, 1.82) is 0 Å². The molecule has 94 valence electrons. The first-order valence-electron chi connectivity index (χ1n) is 6.58. The minimum atomic E-state index is 0.684. The number of imidazole rings is 1. The molecule has 3 rings (SSSR count). The molecule has 1 aromatic carbocycles. The van der Waals surface area contributed by atoms with Crippen molar-refractivity contribution in [3.05, 3.63) is 41.2 Å². The number of H-pyrrole nitrogens is 1. The molecule has 0 unspecified atom stereocenters. The Morgan fingerprint density at radius 3 is 2.61 bits per heavy atom. The fourth-order valence-corrected chi connectivity index (χ4v) is 2.28. The van der Waals surface area contributed by atoms with E-state index in [2.05, 4.69) is 41.5 Å². The average Bonchev–Trinajstić information content (AvgIpc) is 3.13. The van der Waals surface area contributed by atoms with E-state index in [1.807, 2.05) is 7.05 Å². The molecule has 1 saturated carbocycles. The highest BCUT2D eigenvalue weighted by Crippen LogP contribution is 2.41. The van der Waals surface area contributed by atoms with Crippen LogP contribution in [-0.4, -0.2) is 17.0 Å². The highest BCUT2D eigenvalue weighted by Gasteiger charge is 2.29. The van der Waals surface area contributed by atoms with Crippen molar-refractivity contribution >= 4 is 0 Å². The summed E-state index contributed by atoms with van der Waals surface area (Å²) in [5.74, 6) is 1.69. The Kier molecular flexibility index (Phi) is 2.92. The summed E-state index contributed by atoms with van der Waals surface area (Å²) in [6, 6.07) is 8.53. The summed E-state index contributed by atoms with van der Waals surface area (Å²) < 4.78 is 0. The quantitative estimate of drug-likeness (QED) is 0.864. The lowest BCUT2D eigenvalue weighted by Crippen LogP contribution is -2.07. The van der Waals surface area contributed by atoms with Crippen LogP contribution in [0.25, 0.3) is 11.4 Å². The van der Waals surface area contributed by atoms with Crippen LogP contribution < -0.4 is 5.32 Å². The van der Waals surface area contributed by atoms with Gasteiger partial charge in [-0.2, -0.15) is 0 Å². The number of aromatic amines is 1. The molecule has 1 aliphatic carbocycles. The zero-order chi connectivity index (χ0) is 12.5. The summed E-state index contributed by atoms with van der Waals surface area (Å²) in [6.07, 6.45) is 2.57. The van der Waals surface area contributed by atoms with Crippen molar-refractivity contribution in [2.75, 3.05) is 7.05 Å². The molecule has 1 heterocycles. The second kappa shape index (κ2) is 4.58. The van der Waals surface area contributed by atoms with Gasteiger partial charge < -0.3 is 10.3 Å². The van der Waals surface area contributed by atoms with E-state index < -0.39 is 0 Å². The molecule has 0 aliphatic heterocycles. The lowest BCUT2D eigenvalue weighted by molar-refractivity contribution is 0.782. The Labute approximate surface area is 108 Å². The van der Waals surface area contributed by atoms with E-state index in [-0.39, 0.29) is 0 Å². The maximum Gasteiger partial charge on any atom is 0.137 e. The number of hydrogen-bond donors (Lipinski definition) is 2. The lowest BCUT2D eigenvalue weighted by Gasteiger charge is -1.98. The summed E-state index contributed by atoms with van der Waals surface area (Å²) in [6.45, 7) is 2.97. The zero-order valence-corrected chi connectivity index (χ0v) is 11.0. The van der Waals surface area contributed by atoms with E-state index in [1.54, 1.807) is 0 Å². The van der Waals surface area contributed by atoms with Gasteiger partial charge in [0.05, 0.1) is 11.4 Å². The predicted octanol–water partition coefficient (Wildman–Crippen LogP) is 2.98. The van der Waals surface area contributed by atoms with Gasteiger partial charge in [-0.05, 0) is 26.8 Å². The van der Waals surface area contributed by atoms with Crippen LogP contribution in [0.2, 0.25) is 0 Å². The first-order chi connectivity index (χ1) is 8.78. The predicted molar refractivity (Wildman–Crippen MR) is 73.5 cm³/mol. The SMILES string of the molecule is CNCc1[nH]c(-c2ccc(C)cc2)nc1C1CC1. The molecule has 2 N–H and O–H groups in total. The fraction of sp³-hybridized carbons (Fsp3) is 0.400. The largest absolute Gasteiger partial charge is 0.341 e. The highest BCUT2D eigenvalue weighted by atomic mass is 15.0. The van der Waals surface area contributed by atoms with E-state index in [9.17, 15) is 0 Å². The summed E-state index contributed by atoms with van der Waals surface area (Å²) in [4.78, 5) is 8.26. The number of nitrogens with one attached hydrogen (secondary N) is 2. The van der Waals surface area contributed by atoms with Crippen molar-refractivity contribution in [2.24, 2.45) is 0 Å². The number of benzene rings is 1. The van der Waals surface area contributed by atoms with Gasteiger partial charge in [0.1, 0.15) is 5.82 Å². The molecule has 18 heavy (non-hydrogen) atoms. The number of aromatic nitrogens is 2. The summed E-state index contributed by atoms with van der Waals surface area (Å²) in [5.41, 5.74) is 4.96. The van der Waals surface area contributed by atoms with Crippen molar-refractivity contribution in [3.8, 4) is 11.4 Å². The zero-order valence-electron chi connectivity index (χ0n) is 11.0. The van der Waals surface area contributed by atoms with Gasteiger partial charge in [0.2, 0.25) is 0 Å². The molecule has 0 atom stereocenters. The van der Waals surface area contributed by atoms with Gasteiger partial charge >= 0.3 is 0 Å². The van der Waals surface area contributed by atoms with Gasteiger partial charge in [-0.25, -0.2) is 4.98 Å². The molecule has 0 radical (unpaired) electrons. The van der Waals surface area contributed by atoms with Crippen LogP contribution in [0.1, 0.15) is 35.7 Å². The number of aryl methyl sites for hydroxylation is 1. The molecule has 0 saturated heterocycles. The van der Waals surface area contributed by atoms with E-state index >= 15 is 0 Å². The van der Waals surface area contributed by atoms with Crippen LogP contribution in [0.3, 0.4) is 0 Å². The maximum atomic E-state index is 4.80. The van der Waals surface area contributed by atoms with E-state index in [1.165, 1.54) is 35.4 Å². The molecule has 1 fully saturated rings. The van der Waals surface area contributed by atoms with Crippen molar-refractivity contribution in [2.45, 2.75) is 32.2 Å². The number of hydrogen-bond acceptors (Lipinski definition) is 2. The smallest absolute Gasteiger partial charge is 0.137 e. The molecule has 0 bridgehead atoms. The van der Waals surface area contributed by atoms with Crippen molar-refractivity contribution in [3.63, 3.8) is 0 Å². The minimum absolute atomic E-state index is 0.684. The van der Waals surface area contributed by atoms with Gasteiger partial charge in [-0.15, -0.1) is 0 Å². The van der Waals surface area contributed by atoms with Crippen LogP contribution >= 0.6 is 0 Å². The first kappa shape index (κ1) is 11.5. The molecule has 0 amide bonds. The first-order valence-corrected chi connectivity index (χ1v) is 6.58. The topological polar surface area (TPSA) is 40.7 Å². The van der Waals surface area contributed by atoms with Gasteiger partial charge in [-0.1, -0.05) is 29.8 Å². The van der Waals surface area contributed by atoms with Crippen LogP contribution in [0, 0.1) is 6.92 Å². The van der Waals surface area contributed by atoms with E-state index in [0.29, 0.717) is 5.92 Å². The molecule has 2 aromatic rings. The fourth-order valence-electron chi connectivity index (χ4n) is 2.28.